The van der Waals surface area contributed by atoms with E-state index in [1.807, 2.05) is 6.92 Å². The monoisotopic (exact) mass is 244 g/mol. The highest BCUT2D eigenvalue weighted by atomic mass is 32.2. The van der Waals surface area contributed by atoms with Crippen molar-refractivity contribution in [3.63, 3.8) is 0 Å². The lowest BCUT2D eigenvalue weighted by Gasteiger charge is -2.13. The molecule has 0 saturated carbocycles. The van der Waals surface area contributed by atoms with Crippen molar-refractivity contribution in [3.8, 4) is 5.75 Å². The van der Waals surface area contributed by atoms with E-state index in [0.717, 1.165) is 4.31 Å². The van der Waals surface area contributed by atoms with Gasteiger partial charge in [-0.05, 0) is 25.1 Å². The molecule has 0 aliphatic carbocycles. The van der Waals surface area contributed by atoms with Gasteiger partial charge in [-0.15, -0.1) is 0 Å². The molecule has 6 heteroatoms. The molecule has 16 heavy (non-hydrogen) atoms. The fourth-order valence-corrected chi connectivity index (χ4v) is 2.12. The Hall–Kier alpha value is -1.27. The molecule has 0 heterocycles. The Labute approximate surface area is 95.9 Å². The van der Waals surface area contributed by atoms with Crippen LogP contribution >= 0.6 is 0 Å². The molecular formula is C10H16N2O3S. The van der Waals surface area contributed by atoms with E-state index in [2.05, 4.69) is 0 Å². The highest BCUT2D eigenvalue weighted by molar-refractivity contribution is 7.89. The number of benzene rings is 1. The first-order valence-corrected chi connectivity index (χ1v) is 6.28. The Morgan fingerprint density at radius 3 is 2.44 bits per heavy atom. The van der Waals surface area contributed by atoms with E-state index in [0.29, 0.717) is 18.0 Å². The van der Waals surface area contributed by atoms with Gasteiger partial charge in [-0.25, -0.2) is 12.7 Å². The Bertz CT molecular complexity index is 469. The Morgan fingerprint density at radius 2 is 2.00 bits per heavy atom. The maximum atomic E-state index is 11.8. The number of nitrogen functional groups attached to an aromatic ring is 1. The van der Waals surface area contributed by atoms with Crippen LogP contribution in [0.25, 0.3) is 0 Å². The summed E-state index contributed by atoms with van der Waals surface area (Å²) in [5.41, 5.74) is 6.02. The van der Waals surface area contributed by atoms with Gasteiger partial charge in [0.1, 0.15) is 5.75 Å². The third-order valence-corrected chi connectivity index (χ3v) is 3.87. The SMILES string of the molecule is CCOc1ccc(S(=O)(=O)N(C)C)cc1N. The van der Waals surface area contributed by atoms with Crippen LogP contribution < -0.4 is 10.5 Å². The van der Waals surface area contributed by atoms with Gasteiger partial charge in [0.2, 0.25) is 10.0 Å². The quantitative estimate of drug-likeness (QED) is 0.799. The number of sulfonamides is 1. The average molecular weight is 244 g/mol. The first-order chi connectivity index (χ1) is 7.39. The van der Waals surface area contributed by atoms with Crippen molar-refractivity contribution < 1.29 is 13.2 Å². The summed E-state index contributed by atoms with van der Waals surface area (Å²) < 4.78 is 29.9. The minimum atomic E-state index is -3.43. The smallest absolute Gasteiger partial charge is 0.242 e. The van der Waals surface area contributed by atoms with Gasteiger partial charge in [0.05, 0.1) is 17.2 Å². The Balaban J connectivity index is 3.16. The lowest BCUT2D eigenvalue weighted by Crippen LogP contribution is -2.22. The van der Waals surface area contributed by atoms with E-state index >= 15 is 0 Å². The topological polar surface area (TPSA) is 72.6 Å². The third-order valence-electron chi connectivity index (χ3n) is 2.06. The summed E-state index contributed by atoms with van der Waals surface area (Å²) in [5, 5.41) is 0. The lowest BCUT2D eigenvalue weighted by molar-refractivity contribution is 0.342. The maximum Gasteiger partial charge on any atom is 0.242 e. The number of hydrogen-bond donors (Lipinski definition) is 1. The molecule has 0 aliphatic heterocycles. The molecule has 0 radical (unpaired) electrons. The molecule has 0 amide bonds. The molecule has 90 valence electrons. The van der Waals surface area contributed by atoms with Crippen molar-refractivity contribution in [3.05, 3.63) is 18.2 Å². The van der Waals surface area contributed by atoms with Crippen molar-refractivity contribution >= 4 is 15.7 Å². The highest BCUT2D eigenvalue weighted by Crippen LogP contribution is 2.25. The van der Waals surface area contributed by atoms with E-state index in [1.165, 1.54) is 26.2 Å². The van der Waals surface area contributed by atoms with Crippen LogP contribution in [0.4, 0.5) is 5.69 Å². The summed E-state index contributed by atoms with van der Waals surface area (Å²) in [6, 6.07) is 4.45. The first kappa shape index (κ1) is 12.8. The van der Waals surface area contributed by atoms with Gasteiger partial charge < -0.3 is 10.5 Å². The number of hydrogen-bond acceptors (Lipinski definition) is 4. The molecule has 5 nitrogen and oxygen atoms in total. The molecule has 2 N–H and O–H groups in total. The molecule has 0 fully saturated rings. The van der Waals surface area contributed by atoms with Crippen LogP contribution in [0.3, 0.4) is 0 Å². The number of nitrogens with two attached hydrogens (primary N) is 1. The van der Waals surface area contributed by atoms with Gasteiger partial charge in [0.15, 0.2) is 0 Å². The predicted octanol–water partition coefficient (Wildman–Crippen LogP) is 0.918. The van der Waals surface area contributed by atoms with Crippen molar-refractivity contribution in [1.29, 1.82) is 0 Å². The van der Waals surface area contributed by atoms with Crippen LogP contribution in [0.2, 0.25) is 0 Å². The summed E-state index contributed by atoms with van der Waals surface area (Å²) in [5.74, 6) is 0.500. The lowest BCUT2D eigenvalue weighted by atomic mass is 10.3. The molecule has 1 aromatic carbocycles. The summed E-state index contributed by atoms with van der Waals surface area (Å²) in [6.07, 6.45) is 0. The zero-order valence-electron chi connectivity index (χ0n) is 9.60. The normalized spacial score (nSPS) is 11.8. The second-order valence-electron chi connectivity index (χ2n) is 3.42. The van der Waals surface area contributed by atoms with Gasteiger partial charge >= 0.3 is 0 Å². The van der Waals surface area contributed by atoms with E-state index < -0.39 is 10.0 Å². The predicted molar refractivity (Wildman–Crippen MR) is 62.9 cm³/mol. The Kier molecular flexibility index (Phi) is 3.77. The average Bonchev–Trinajstić information content (AvgIpc) is 2.21. The maximum absolute atomic E-state index is 11.8. The second-order valence-corrected chi connectivity index (χ2v) is 5.57. The number of ether oxygens (including phenoxy) is 1. The standard InChI is InChI=1S/C10H16N2O3S/c1-4-15-10-6-5-8(7-9(10)11)16(13,14)12(2)3/h5-7H,4,11H2,1-3H3. The second kappa shape index (κ2) is 4.71. The minimum Gasteiger partial charge on any atom is -0.492 e. The summed E-state index contributed by atoms with van der Waals surface area (Å²) >= 11 is 0. The number of rotatable bonds is 4. The van der Waals surface area contributed by atoms with Crippen LogP contribution in [0.15, 0.2) is 23.1 Å². The molecule has 1 rings (SSSR count). The molecule has 1 aromatic rings. The van der Waals surface area contributed by atoms with Gasteiger partial charge in [0, 0.05) is 14.1 Å². The van der Waals surface area contributed by atoms with E-state index in [-0.39, 0.29) is 4.90 Å². The highest BCUT2D eigenvalue weighted by Gasteiger charge is 2.18. The molecule has 0 saturated heterocycles. The van der Waals surface area contributed by atoms with Gasteiger partial charge in [0.25, 0.3) is 0 Å². The molecule has 0 spiro atoms. The third kappa shape index (κ3) is 2.45. The molecule has 0 aliphatic rings. The number of nitrogens with zero attached hydrogens (tertiary/aromatic N) is 1. The summed E-state index contributed by atoms with van der Waals surface area (Å²) in [6.45, 7) is 2.33. The summed E-state index contributed by atoms with van der Waals surface area (Å²) in [7, 11) is -0.485. The largest absolute Gasteiger partial charge is 0.492 e. The van der Waals surface area contributed by atoms with Crippen molar-refractivity contribution in [2.75, 3.05) is 26.4 Å². The van der Waals surface area contributed by atoms with Crippen LogP contribution in [0, 0.1) is 0 Å². The molecular weight excluding hydrogens is 228 g/mol. The molecule has 0 aromatic heterocycles. The molecule has 0 atom stereocenters. The van der Waals surface area contributed by atoms with Crippen LogP contribution in [0.1, 0.15) is 6.92 Å². The van der Waals surface area contributed by atoms with E-state index in [1.54, 1.807) is 6.07 Å². The molecule has 0 bridgehead atoms. The van der Waals surface area contributed by atoms with Crippen LogP contribution in [-0.4, -0.2) is 33.4 Å². The molecule has 0 unspecified atom stereocenters. The van der Waals surface area contributed by atoms with Crippen LogP contribution in [0.5, 0.6) is 5.75 Å². The van der Waals surface area contributed by atoms with E-state index in [9.17, 15) is 8.42 Å². The fourth-order valence-electron chi connectivity index (χ4n) is 1.18. The van der Waals surface area contributed by atoms with Gasteiger partial charge in [-0.2, -0.15) is 0 Å². The van der Waals surface area contributed by atoms with Crippen molar-refractivity contribution in [2.45, 2.75) is 11.8 Å². The fraction of sp³-hybridized carbons (Fsp3) is 0.400. The Morgan fingerprint density at radius 1 is 1.38 bits per heavy atom. The van der Waals surface area contributed by atoms with E-state index in [4.69, 9.17) is 10.5 Å². The van der Waals surface area contributed by atoms with Crippen molar-refractivity contribution in [1.82, 2.24) is 4.31 Å². The van der Waals surface area contributed by atoms with Gasteiger partial charge in [-0.1, -0.05) is 0 Å². The summed E-state index contributed by atoms with van der Waals surface area (Å²) in [4.78, 5) is 0.165. The van der Waals surface area contributed by atoms with Crippen molar-refractivity contribution in [2.24, 2.45) is 0 Å². The first-order valence-electron chi connectivity index (χ1n) is 4.84. The zero-order valence-corrected chi connectivity index (χ0v) is 10.4. The minimum absolute atomic E-state index is 0.165. The van der Waals surface area contributed by atoms with Crippen LogP contribution in [-0.2, 0) is 10.0 Å². The number of anilines is 1. The zero-order chi connectivity index (χ0) is 12.3. The van der Waals surface area contributed by atoms with Gasteiger partial charge in [-0.3, -0.25) is 0 Å².